The van der Waals surface area contributed by atoms with Crippen LogP contribution in [0.1, 0.15) is 17.1 Å². The Morgan fingerprint density at radius 2 is 2.00 bits per heavy atom. The van der Waals surface area contributed by atoms with Gasteiger partial charge in [-0.1, -0.05) is 0 Å². The van der Waals surface area contributed by atoms with Crippen LogP contribution in [0.15, 0.2) is 47.1 Å². The average molecular weight is 327 g/mol. The molecule has 0 saturated heterocycles. The fraction of sp³-hybridized carbons (Fsp3) is 0.222. The van der Waals surface area contributed by atoms with Crippen LogP contribution in [0.25, 0.3) is 11.5 Å². The maximum Gasteiger partial charge on any atom is 0.226 e. The first-order valence-electron chi connectivity index (χ1n) is 7.61. The van der Waals surface area contributed by atoms with E-state index in [1.807, 2.05) is 30.7 Å². The topological polar surface area (TPSA) is 60.1 Å². The lowest BCUT2D eigenvalue weighted by Crippen LogP contribution is -2.25. The average Bonchev–Trinajstić information content (AvgIpc) is 3.15. The molecule has 0 spiro atoms. The van der Waals surface area contributed by atoms with Crippen LogP contribution in [-0.2, 0) is 24.8 Å². The first kappa shape index (κ1) is 16.0. The summed E-state index contributed by atoms with van der Waals surface area (Å²) in [5.74, 6) is -0.0792. The molecular weight excluding hydrogens is 309 g/mol. The van der Waals surface area contributed by atoms with E-state index in [0.29, 0.717) is 23.7 Å². The van der Waals surface area contributed by atoms with Crippen LogP contribution in [0, 0.1) is 12.7 Å². The summed E-state index contributed by atoms with van der Waals surface area (Å²) in [6.45, 7) is 2.48. The molecule has 0 aliphatic heterocycles. The monoisotopic (exact) mass is 327 g/mol. The maximum absolute atomic E-state index is 12.9. The molecule has 0 aliphatic carbocycles. The third-order valence-electron chi connectivity index (χ3n) is 3.93. The number of nitrogens with one attached hydrogen (secondary N) is 1. The molecule has 3 rings (SSSR count). The number of carbonyl (C=O) groups is 1. The van der Waals surface area contributed by atoms with Crippen LogP contribution in [-0.4, -0.2) is 15.5 Å². The lowest BCUT2D eigenvalue weighted by atomic mass is 10.2. The van der Waals surface area contributed by atoms with Crippen molar-refractivity contribution in [1.82, 2.24) is 14.9 Å². The van der Waals surface area contributed by atoms with Gasteiger partial charge in [0, 0.05) is 24.0 Å². The molecule has 0 radical (unpaired) electrons. The van der Waals surface area contributed by atoms with Crippen LogP contribution in [0.4, 0.5) is 4.39 Å². The van der Waals surface area contributed by atoms with Crippen LogP contribution < -0.4 is 5.32 Å². The van der Waals surface area contributed by atoms with Gasteiger partial charge in [0.2, 0.25) is 11.8 Å². The number of halogens is 1. The van der Waals surface area contributed by atoms with E-state index in [0.717, 1.165) is 11.4 Å². The third-order valence-corrected chi connectivity index (χ3v) is 3.93. The number of hydrogen-bond acceptors (Lipinski definition) is 3. The number of nitrogens with zero attached hydrogens (tertiary/aromatic N) is 2. The van der Waals surface area contributed by atoms with E-state index in [4.69, 9.17) is 4.42 Å². The Morgan fingerprint density at radius 1 is 1.25 bits per heavy atom. The van der Waals surface area contributed by atoms with Gasteiger partial charge in [-0.25, -0.2) is 9.37 Å². The van der Waals surface area contributed by atoms with Gasteiger partial charge in [-0.3, -0.25) is 4.79 Å². The molecule has 0 saturated carbocycles. The zero-order chi connectivity index (χ0) is 17.1. The second-order valence-corrected chi connectivity index (χ2v) is 5.63. The number of aromatic nitrogens is 2. The number of benzene rings is 1. The molecule has 0 fully saturated rings. The Bertz CT molecular complexity index is 850. The van der Waals surface area contributed by atoms with E-state index in [1.165, 1.54) is 18.4 Å². The largest absolute Gasteiger partial charge is 0.444 e. The number of carbonyl (C=O) groups excluding carboxylic acids is 1. The SMILES string of the molecule is Cc1ccc(CNC(=O)Cc2coc(-c3ccc(F)cc3)n2)n1C. The molecule has 24 heavy (non-hydrogen) atoms. The van der Waals surface area contributed by atoms with Crippen molar-refractivity contribution in [2.24, 2.45) is 7.05 Å². The summed E-state index contributed by atoms with van der Waals surface area (Å²) in [7, 11) is 1.96. The van der Waals surface area contributed by atoms with Crippen molar-refractivity contribution < 1.29 is 13.6 Å². The highest BCUT2D eigenvalue weighted by molar-refractivity contribution is 5.78. The minimum absolute atomic E-state index is 0.132. The van der Waals surface area contributed by atoms with Gasteiger partial charge in [0.15, 0.2) is 0 Å². The summed E-state index contributed by atoms with van der Waals surface area (Å²) in [5.41, 5.74) is 3.38. The minimum atomic E-state index is -0.319. The molecule has 5 nitrogen and oxygen atoms in total. The molecule has 0 aliphatic rings. The molecular formula is C18H18FN3O2. The van der Waals surface area contributed by atoms with E-state index in [-0.39, 0.29) is 18.1 Å². The highest BCUT2D eigenvalue weighted by Gasteiger charge is 2.11. The molecule has 0 atom stereocenters. The van der Waals surface area contributed by atoms with Crippen molar-refractivity contribution in [1.29, 1.82) is 0 Å². The zero-order valence-corrected chi connectivity index (χ0v) is 13.5. The number of aryl methyl sites for hydroxylation is 1. The van der Waals surface area contributed by atoms with Gasteiger partial charge in [-0.15, -0.1) is 0 Å². The summed E-state index contributed by atoms with van der Waals surface area (Å²) < 4.78 is 20.3. The fourth-order valence-electron chi connectivity index (χ4n) is 2.37. The zero-order valence-electron chi connectivity index (χ0n) is 13.5. The Kier molecular flexibility index (Phi) is 4.46. The summed E-state index contributed by atoms with van der Waals surface area (Å²) >= 11 is 0. The normalized spacial score (nSPS) is 10.8. The van der Waals surface area contributed by atoms with E-state index in [9.17, 15) is 9.18 Å². The van der Waals surface area contributed by atoms with Gasteiger partial charge < -0.3 is 14.3 Å². The molecule has 0 unspecified atom stereocenters. The van der Waals surface area contributed by atoms with Crippen molar-refractivity contribution in [2.45, 2.75) is 19.9 Å². The van der Waals surface area contributed by atoms with Crippen LogP contribution in [0.5, 0.6) is 0 Å². The predicted octanol–water partition coefficient (Wildman–Crippen LogP) is 2.99. The Balaban J connectivity index is 1.59. The first-order valence-corrected chi connectivity index (χ1v) is 7.61. The second-order valence-electron chi connectivity index (χ2n) is 5.63. The number of rotatable bonds is 5. The summed E-state index contributed by atoms with van der Waals surface area (Å²) in [6.07, 6.45) is 1.58. The number of amides is 1. The molecule has 2 aromatic heterocycles. The van der Waals surface area contributed by atoms with Gasteiger partial charge in [-0.2, -0.15) is 0 Å². The van der Waals surface area contributed by atoms with Crippen molar-refractivity contribution in [3.63, 3.8) is 0 Å². The highest BCUT2D eigenvalue weighted by Crippen LogP contribution is 2.19. The van der Waals surface area contributed by atoms with Crippen molar-refractivity contribution in [2.75, 3.05) is 0 Å². The quantitative estimate of drug-likeness (QED) is 0.784. The van der Waals surface area contributed by atoms with Crippen molar-refractivity contribution in [3.8, 4) is 11.5 Å². The van der Waals surface area contributed by atoms with Crippen LogP contribution in [0.2, 0.25) is 0 Å². The summed E-state index contributed by atoms with van der Waals surface area (Å²) in [4.78, 5) is 16.3. The minimum Gasteiger partial charge on any atom is -0.444 e. The lowest BCUT2D eigenvalue weighted by molar-refractivity contribution is -0.120. The van der Waals surface area contributed by atoms with Gasteiger partial charge in [0.25, 0.3) is 0 Å². The molecule has 3 aromatic rings. The summed E-state index contributed by atoms with van der Waals surface area (Å²) in [5, 5.41) is 2.87. The fourth-order valence-corrected chi connectivity index (χ4v) is 2.37. The van der Waals surface area contributed by atoms with E-state index in [1.54, 1.807) is 12.1 Å². The van der Waals surface area contributed by atoms with Gasteiger partial charge in [0.05, 0.1) is 18.7 Å². The maximum atomic E-state index is 12.9. The Morgan fingerprint density at radius 3 is 2.67 bits per heavy atom. The van der Waals surface area contributed by atoms with Gasteiger partial charge in [-0.05, 0) is 43.3 Å². The molecule has 2 heterocycles. The smallest absolute Gasteiger partial charge is 0.226 e. The highest BCUT2D eigenvalue weighted by atomic mass is 19.1. The van der Waals surface area contributed by atoms with Crippen molar-refractivity contribution >= 4 is 5.91 Å². The molecule has 1 N–H and O–H groups in total. The third kappa shape index (κ3) is 3.53. The van der Waals surface area contributed by atoms with Crippen molar-refractivity contribution in [3.05, 3.63) is 65.6 Å². The number of hydrogen-bond donors (Lipinski definition) is 1. The molecule has 6 heteroatoms. The summed E-state index contributed by atoms with van der Waals surface area (Å²) in [6, 6.07) is 9.85. The van der Waals surface area contributed by atoms with E-state index in [2.05, 4.69) is 10.3 Å². The van der Waals surface area contributed by atoms with Crippen LogP contribution >= 0.6 is 0 Å². The Labute approximate surface area is 139 Å². The van der Waals surface area contributed by atoms with E-state index >= 15 is 0 Å². The molecule has 0 bridgehead atoms. The predicted molar refractivity (Wildman–Crippen MR) is 87.6 cm³/mol. The van der Waals surface area contributed by atoms with Gasteiger partial charge in [0.1, 0.15) is 12.1 Å². The molecule has 1 amide bonds. The van der Waals surface area contributed by atoms with E-state index < -0.39 is 0 Å². The van der Waals surface area contributed by atoms with Gasteiger partial charge >= 0.3 is 0 Å². The standard InChI is InChI=1S/C18H18FN3O2/c1-12-3-8-16(22(12)2)10-20-17(23)9-15-11-24-18(21-15)13-4-6-14(19)7-5-13/h3-8,11H,9-10H2,1-2H3,(H,20,23). The second kappa shape index (κ2) is 6.70. The molecule has 1 aromatic carbocycles. The lowest BCUT2D eigenvalue weighted by Gasteiger charge is -2.06. The van der Waals surface area contributed by atoms with Crippen LogP contribution in [0.3, 0.4) is 0 Å². The first-order chi connectivity index (χ1) is 11.5. The molecule has 124 valence electrons. The Hall–Kier alpha value is -2.89. The number of oxazole rings is 1.